The lowest BCUT2D eigenvalue weighted by Gasteiger charge is -2.23. The predicted octanol–water partition coefficient (Wildman–Crippen LogP) is 5.40. The summed E-state index contributed by atoms with van der Waals surface area (Å²) in [6.45, 7) is 6.97. The van der Waals surface area contributed by atoms with E-state index < -0.39 is 0 Å². The topological polar surface area (TPSA) is 0 Å². The van der Waals surface area contributed by atoms with Gasteiger partial charge in [0.05, 0.1) is 0 Å². The molecule has 1 heteroatoms. The molecule has 1 heterocycles. The summed E-state index contributed by atoms with van der Waals surface area (Å²) in [5, 5.41) is 0. The first-order valence-corrected chi connectivity index (χ1v) is 7.90. The fourth-order valence-corrected chi connectivity index (χ4v) is 3.87. The second-order valence-corrected chi connectivity index (χ2v) is 6.73. The molecule has 0 aliphatic carbocycles. The Balaban J connectivity index is 2.37. The van der Waals surface area contributed by atoms with Crippen LogP contribution < -0.4 is 0 Å². The van der Waals surface area contributed by atoms with E-state index >= 15 is 0 Å². The molecule has 0 radical (unpaired) electrons. The standard InChI is InChI=1S/C16H24S/c1-12(2)14-7-5-4-6-10-17-16-9-8-13(3)11-15(14)16/h8-9,11-12,14H,4-7,10H2,1-3H3. The fourth-order valence-electron chi connectivity index (χ4n) is 2.76. The van der Waals surface area contributed by atoms with Crippen LogP contribution in [0.3, 0.4) is 0 Å². The van der Waals surface area contributed by atoms with Crippen molar-refractivity contribution in [2.45, 2.75) is 57.3 Å². The molecule has 0 saturated carbocycles. The number of hydrogen-bond donors (Lipinski definition) is 0. The van der Waals surface area contributed by atoms with Crippen LogP contribution in [0.5, 0.6) is 0 Å². The van der Waals surface area contributed by atoms with Gasteiger partial charge < -0.3 is 0 Å². The molecule has 94 valence electrons. The summed E-state index contributed by atoms with van der Waals surface area (Å²) >= 11 is 2.07. The van der Waals surface area contributed by atoms with E-state index in [-0.39, 0.29) is 0 Å². The van der Waals surface area contributed by atoms with Crippen molar-refractivity contribution in [3.8, 4) is 0 Å². The van der Waals surface area contributed by atoms with Gasteiger partial charge in [0.2, 0.25) is 0 Å². The van der Waals surface area contributed by atoms with Gasteiger partial charge in [-0.05, 0) is 49.0 Å². The molecule has 17 heavy (non-hydrogen) atoms. The zero-order chi connectivity index (χ0) is 12.3. The van der Waals surface area contributed by atoms with Gasteiger partial charge in [-0.3, -0.25) is 0 Å². The minimum absolute atomic E-state index is 0.759. The molecule has 1 aliphatic heterocycles. The normalized spacial score (nSPS) is 21.5. The monoisotopic (exact) mass is 248 g/mol. The Bertz CT molecular complexity index is 368. The number of rotatable bonds is 1. The lowest BCUT2D eigenvalue weighted by molar-refractivity contribution is 0.444. The highest BCUT2D eigenvalue weighted by Gasteiger charge is 2.20. The van der Waals surface area contributed by atoms with Gasteiger partial charge in [-0.1, -0.05) is 44.4 Å². The third kappa shape index (κ3) is 3.28. The molecule has 0 aromatic heterocycles. The highest BCUT2D eigenvalue weighted by molar-refractivity contribution is 7.99. The largest absolute Gasteiger partial charge is 0.126 e. The van der Waals surface area contributed by atoms with Gasteiger partial charge in [0, 0.05) is 4.90 Å². The first-order chi connectivity index (χ1) is 8.18. The number of benzene rings is 1. The molecule has 2 rings (SSSR count). The van der Waals surface area contributed by atoms with Crippen molar-refractivity contribution in [3.05, 3.63) is 29.3 Å². The highest BCUT2D eigenvalue weighted by atomic mass is 32.2. The first kappa shape index (κ1) is 13.0. The Kier molecular flexibility index (Phi) is 4.55. The summed E-state index contributed by atoms with van der Waals surface area (Å²) in [5.41, 5.74) is 3.03. The molecular weight excluding hydrogens is 224 g/mol. The number of fused-ring (bicyclic) bond motifs is 1. The second-order valence-electron chi connectivity index (χ2n) is 5.59. The Morgan fingerprint density at radius 2 is 2.00 bits per heavy atom. The van der Waals surface area contributed by atoms with E-state index in [1.54, 1.807) is 5.56 Å². The van der Waals surface area contributed by atoms with Crippen LogP contribution in [0.15, 0.2) is 23.1 Å². The average Bonchev–Trinajstić information content (AvgIpc) is 2.38. The van der Waals surface area contributed by atoms with E-state index in [1.165, 1.54) is 41.9 Å². The van der Waals surface area contributed by atoms with Crippen molar-refractivity contribution in [1.29, 1.82) is 0 Å². The third-order valence-corrected chi connectivity index (χ3v) is 4.96. The van der Waals surface area contributed by atoms with Crippen LogP contribution in [0.4, 0.5) is 0 Å². The highest BCUT2D eigenvalue weighted by Crippen LogP contribution is 2.38. The lowest BCUT2D eigenvalue weighted by Crippen LogP contribution is -2.08. The van der Waals surface area contributed by atoms with E-state index in [1.807, 2.05) is 0 Å². The molecule has 1 aromatic rings. The summed E-state index contributed by atoms with van der Waals surface area (Å²) in [4.78, 5) is 1.54. The van der Waals surface area contributed by atoms with Crippen LogP contribution in [-0.2, 0) is 0 Å². The van der Waals surface area contributed by atoms with Crippen LogP contribution in [-0.4, -0.2) is 5.75 Å². The Morgan fingerprint density at radius 3 is 2.76 bits per heavy atom. The Hall–Kier alpha value is -0.430. The molecule has 0 fully saturated rings. The number of aryl methyl sites for hydroxylation is 1. The molecule has 1 aliphatic rings. The van der Waals surface area contributed by atoms with Crippen LogP contribution in [0.25, 0.3) is 0 Å². The first-order valence-electron chi connectivity index (χ1n) is 6.92. The Morgan fingerprint density at radius 1 is 1.18 bits per heavy atom. The van der Waals surface area contributed by atoms with Crippen molar-refractivity contribution >= 4 is 11.8 Å². The maximum absolute atomic E-state index is 2.43. The molecule has 0 bridgehead atoms. The molecule has 1 unspecified atom stereocenters. The van der Waals surface area contributed by atoms with Crippen molar-refractivity contribution in [2.75, 3.05) is 5.75 Å². The molecule has 0 N–H and O–H groups in total. The van der Waals surface area contributed by atoms with Gasteiger partial charge in [0.25, 0.3) is 0 Å². The van der Waals surface area contributed by atoms with Crippen molar-refractivity contribution in [1.82, 2.24) is 0 Å². The van der Waals surface area contributed by atoms with Gasteiger partial charge in [0.1, 0.15) is 0 Å². The number of hydrogen-bond acceptors (Lipinski definition) is 1. The van der Waals surface area contributed by atoms with Crippen LogP contribution in [0.2, 0.25) is 0 Å². The summed E-state index contributed by atoms with van der Waals surface area (Å²) in [6, 6.07) is 7.04. The summed E-state index contributed by atoms with van der Waals surface area (Å²) < 4.78 is 0. The Labute approximate surface area is 110 Å². The lowest BCUT2D eigenvalue weighted by atomic mass is 9.84. The molecule has 1 aromatic carbocycles. The van der Waals surface area contributed by atoms with Gasteiger partial charge in [0.15, 0.2) is 0 Å². The average molecular weight is 248 g/mol. The maximum Gasteiger partial charge on any atom is 0.0107 e. The fraction of sp³-hybridized carbons (Fsp3) is 0.625. The minimum Gasteiger partial charge on any atom is -0.126 e. The van der Waals surface area contributed by atoms with Crippen molar-refractivity contribution in [2.24, 2.45) is 5.92 Å². The van der Waals surface area contributed by atoms with E-state index in [0.717, 1.165) is 11.8 Å². The summed E-state index contributed by atoms with van der Waals surface area (Å²) in [7, 11) is 0. The van der Waals surface area contributed by atoms with Gasteiger partial charge in [-0.15, -0.1) is 11.8 Å². The predicted molar refractivity (Wildman–Crippen MR) is 78.0 cm³/mol. The van der Waals surface area contributed by atoms with E-state index in [0.29, 0.717) is 0 Å². The van der Waals surface area contributed by atoms with Crippen molar-refractivity contribution < 1.29 is 0 Å². The van der Waals surface area contributed by atoms with E-state index in [2.05, 4.69) is 50.7 Å². The number of thioether (sulfide) groups is 1. The molecular formula is C16H24S. The minimum atomic E-state index is 0.759. The maximum atomic E-state index is 2.43. The second kappa shape index (κ2) is 5.95. The quantitative estimate of drug-likeness (QED) is 0.641. The molecule has 0 amide bonds. The van der Waals surface area contributed by atoms with Gasteiger partial charge >= 0.3 is 0 Å². The van der Waals surface area contributed by atoms with Gasteiger partial charge in [-0.25, -0.2) is 0 Å². The van der Waals surface area contributed by atoms with Crippen LogP contribution in [0.1, 0.15) is 56.6 Å². The van der Waals surface area contributed by atoms with Gasteiger partial charge in [-0.2, -0.15) is 0 Å². The third-order valence-electron chi connectivity index (χ3n) is 3.79. The summed E-state index contributed by atoms with van der Waals surface area (Å²) in [5.74, 6) is 2.81. The molecule has 0 saturated heterocycles. The molecule has 1 atom stereocenters. The smallest absolute Gasteiger partial charge is 0.0107 e. The summed E-state index contributed by atoms with van der Waals surface area (Å²) in [6.07, 6.45) is 5.55. The van der Waals surface area contributed by atoms with E-state index in [9.17, 15) is 0 Å². The molecule has 0 spiro atoms. The van der Waals surface area contributed by atoms with Crippen LogP contribution >= 0.6 is 11.8 Å². The van der Waals surface area contributed by atoms with E-state index in [4.69, 9.17) is 0 Å². The van der Waals surface area contributed by atoms with Crippen molar-refractivity contribution in [3.63, 3.8) is 0 Å². The zero-order valence-corrected chi connectivity index (χ0v) is 12.1. The SMILES string of the molecule is Cc1ccc2c(c1)C(C(C)C)CCCCCS2. The zero-order valence-electron chi connectivity index (χ0n) is 11.3. The van der Waals surface area contributed by atoms with Crippen LogP contribution in [0, 0.1) is 12.8 Å². The molecule has 0 nitrogen and oxygen atoms in total.